The third kappa shape index (κ3) is 5.18. The van der Waals surface area contributed by atoms with Crippen molar-refractivity contribution in [3.05, 3.63) is 60.7 Å². The molecule has 0 unspecified atom stereocenters. The predicted molar refractivity (Wildman–Crippen MR) is 79.9 cm³/mol. The number of aryl methyl sites for hydroxylation is 1. The minimum absolute atomic E-state index is 0. The van der Waals surface area contributed by atoms with E-state index >= 15 is 0 Å². The molecule has 0 saturated carbocycles. The summed E-state index contributed by atoms with van der Waals surface area (Å²) < 4.78 is 7.62. The van der Waals surface area contributed by atoms with Gasteiger partial charge in [-0.05, 0) is 30.2 Å². The number of imidazole rings is 1. The second kappa shape index (κ2) is 8.38. The molecule has 1 heterocycles. The molecule has 2 rings (SSSR count). The standard InChI is InChI=1S/C15H18N2O.ClH/c1-2-14-5-7-15(8-6-14)18-12-4-3-10-17-11-9-16-13-17;/h3-9,11,13H,2,10,12H2,1H3;1H. The molecule has 0 radical (unpaired) electrons. The van der Waals surface area contributed by atoms with Crippen molar-refractivity contribution in [3.8, 4) is 5.75 Å². The molecule has 0 bridgehead atoms. The lowest BCUT2D eigenvalue weighted by Gasteiger charge is -2.03. The quantitative estimate of drug-likeness (QED) is 0.756. The summed E-state index contributed by atoms with van der Waals surface area (Å²) >= 11 is 0. The van der Waals surface area contributed by atoms with Gasteiger partial charge in [-0.2, -0.15) is 0 Å². The normalized spacial score (nSPS) is 10.4. The van der Waals surface area contributed by atoms with E-state index in [4.69, 9.17) is 4.74 Å². The highest BCUT2D eigenvalue weighted by atomic mass is 35.5. The molecule has 0 atom stereocenters. The summed E-state index contributed by atoms with van der Waals surface area (Å²) in [6.07, 6.45) is 10.7. The minimum atomic E-state index is 0. The van der Waals surface area contributed by atoms with Gasteiger partial charge < -0.3 is 9.30 Å². The molecule has 0 spiro atoms. The van der Waals surface area contributed by atoms with Crippen molar-refractivity contribution >= 4 is 12.4 Å². The number of allylic oxidation sites excluding steroid dienone is 1. The van der Waals surface area contributed by atoms with E-state index in [0.717, 1.165) is 18.7 Å². The molecule has 1 aromatic heterocycles. The monoisotopic (exact) mass is 278 g/mol. The Labute approximate surface area is 120 Å². The molecule has 0 fully saturated rings. The maximum Gasteiger partial charge on any atom is 0.119 e. The van der Waals surface area contributed by atoms with E-state index in [1.54, 1.807) is 12.5 Å². The van der Waals surface area contributed by atoms with Gasteiger partial charge in [0.15, 0.2) is 0 Å². The molecular weight excluding hydrogens is 260 g/mol. The van der Waals surface area contributed by atoms with Crippen LogP contribution in [-0.4, -0.2) is 16.2 Å². The summed E-state index contributed by atoms with van der Waals surface area (Å²) in [6.45, 7) is 3.58. The molecule has 3 nitrogen and oxygen atoms in total. The van der Waals surface area contributed by atoms with Gasteiger partial charge in [0.2, 0.25) is 0 Å². The maximum absolute atomic E-state index is 5.61. The Balaban J connectivity index is 0.00000180. The molecule has 4 heteroatoms. The van der Waals surface area contributed by atoms with Gasteiger partial charge in [0.25, 0.3) is 0 Å². The summed E-state index contributed by atoms with van der Waals surface area (Å²) in [6, 6.07) is 8.24. The second-order valence-corrected chi connectivity index (χ2v) is 4.04. The molecule has 19 heavy (non-hydrogen) atoms. The van der Waals surface area contributed by atoms with Crippen LogP contribution in [0, 0.1) is 0 Å². The van der Waals surface area contributed by atoms with Crippen molar-refractivity contribution in [2.24, 2.45) is 0 Å². The third-order valence-corrected chi connectivity index (χ3v) is 2.72. The first kappa shape index (κ1) is 15.3. The van der Waals surface area contributed by atoms with Crippen LogP contribution in [0.25, 0.3) is 0 Å². The van der Waals surface area contributed by atoms with E-state index in [2.05, 4.69) is 30.1 Å². The van der Waals surface area contributed by atoms with E-state index in [1.807, 2.05) is 29.0 Å². The van der Waals surface area contributed by atoms with Gasteiger partial charge in [-0.1, -0.05) is 25.1 Å². The van der Waals surface area contributed by atoms with Gasteiger partial charge in [0, 0.05) is 18.9 Å². The van der Waals surface area contributed by atoms with Gasteiger partial charge in [-0.25, -0.2) is 4.98 Å². The molecule has 1 aromatic carbocycles. The van der Waals surface area contributed by atoms with Gasteiger partial charge in [-0.15, -0.1) is 12.4 Å². The van der Waals surface area contributed by atoms with E-state index in [9.17, 15) is 0 Å². The van der Waals surface area contributed by atoms with Gasteiger partial charge >= 0.3 is 0 Å². The largest absolute Gasteiger partial charge is 0.490 e. The number of benzene rings is 1. The van der Waals surface area contributed by atoms with Crippen molar-refractivity contribution in [3.63, 3.8) is 0 Å². The highest BCUT2D eigenvalue weighted by Gasteiger charge is 1.92. The SMILES string of the molecule is CCc1ccc(OCC=CCn2ccnc2)cc1.Cl. The molecule has 0 N–H and O–H groups in total. The first-order valence-electron chi connectivity index (χ1n) is 6.21. The maximum atomic E-state index is 5.61. The number of hydrogen-bond acceptors (Lipinski definition) is 2. The van der Waals surface area contributed by atoms with Crippen LogP contribution in [0.1, 0.15) is 12.5 Å². The van der Waals surface area contributed by atoms with Crippen LogP contribution < -0.4 is 4.74 Å². The Morgan fingerprint density at radius 1 is 1.21 bits per heavy atom. The Bertz CT molecular complexity index is 477. The third-order valence-electron chi connectivity index (χ3n) is 2.72. The number of nitrogens with zero attached hydrogens (tertiary/aromatic N) is 2. The number of hydrogen-bond donors (Lipinski definition) is 0. The van der Waals surface area contributed by atoms with Crippen LogP contribution >= 0.6 is 12.4 Å². The van der Waals surface area contributed by atoms with Crippen molar-refractivity contribution in [1.29, 1.82) is 0 Å². The summed E-state index contributed by atoms with van der Waals surface area (Å²) in [4.78, 5) is 3.98. The Kier molecular flexibility index (Phi) is 6.75. The van der Waals surface area contributed by atoms with Crippen LogP contribution in [0.5, 0.6) is 5.75 Å². The topological polar surface area (TPSA) is 27.1 Å². The van der Waals surface area contributed by atoms with Crippen molar-refractivity contribution < 1.29 is 4.74 Å². The lowest BCUT2D eigenvalue weighted by Crippen LogP contribution is -1.95. The Morgan fingerprint density at radius 3 is 2.63 bits per heavy atom. The fourth-order valence-corrected chi connectivity index (χ4v) is 1.62. The van der Waals surface area contributed by atoms with Crippen molar-refractivity contribution in [1.82, 2.24) is 9.55 Å². The molecule has 0 aliphatic carbocycles. The highest BCUT2D eigenvalue weighted by Crippen LogP contribution is 2.12. The van der Waals surface area contributed by atoms with Crippen LogP contribution in [0.2, 0.25) is 0 Å². The molecule has 2 aromatic rings. The van der Waals surface area contributed by atoms with Gasteiger partial charge in [0.05, 0.1) is 6.33 Å². The highest BCUT2D eigenvalue weighted by molar-refractivity contribution is 5.85. The van der Waals surface area contributed by atoms with Gasteiger partial charge in [-0.3, -0.25) is 0 Å². The smallest absolute Gasteiger partial charge is 0.119 e. The fraction of sp³-hybridized carbons (Fsp3) is 0.267. The Hall–Kier alpha value is -1.74. The number of ether oxygens (including phenoxy) is 1. The number of aromatic nitrogens is 2. The van der Waals surface area contributed by atoms with Crippen LogP contribution in [0.4, 0.5) is 0 Å². The van der Waals surface area contributed by atoms with Crippen LogP contribution in [0.15, 0.2) is 55.1 Å². The first-order valence-corrected chi connectivity index (χ1v) is 6.21. The average Bonchev–Trinajstić information content (AvgIpc) is 2.92. The first-order chi connectivity index (χ1) is 8.88. The van der Waals surface area contributed by atoms with Crippen LogP contribution in [0.3, 0.4) is 0 Å². The average molecular weight is 279 g/mol. The second-order valence-electron chi connectivity index (χ2n) is 4.04. The fourth-order valence-electron chi connectivity index (χ4n) is 1.62. The van der Waals surface area contributed by atoms with E-state index in [1.165, 1.54) is 5.56 Å². The molecule has 0 aliphatic rings. The predicted octanol–water partition coefficient (Wildman–Crippen LogP) is 3.50. The summed E-state index contributed by atoms with van der Waals surface area (Å²) in [5.41, 5.74) is 1.33. The lowest BCUT2D eigenvalue weighted by molar-refractivity contribution is 0.362. The number of halogens is 1. The summed E-state index contributed by atoms with van der Waals surface area (Å²) in [7, 11) is 0. The van der Waals surface area contributed by atoms with Crippen molar-refractivity contribution in [2.75, 3.05) is 6.61 Å². The molecule has 0 amide bonds. The Morgan fingerprint density at radius 2 is 2.00 bits per heavy atom. The van der Waals surface area contributed by atoms with Crippen molar-refractivity contribution in [2.45, 2.75) is 19.9 Å². The molecule has 0 aliphatic heterocycles. The van der Waals surface area contributed by atoms with E-state index in [0.29, 0.717) is 6.61 Å². The number of rotatable bonds is 6. The molecular formula is C15H19ClN2O. The summed E-state index contributed by atoms with van der Waals surface area (Å²) in [5, 5.41) is 0. The zero-order chi connectivity index (χ0) is 12.6. The zero-order valence-corrected chi connectivity index (χ0v) is 11.8. The molecule has 0 saturated heterocycles. The molecule has 102 valence electrons. The summed E-state index contributed by atoms with van der Waals surface area (Å²) in [5.74, 6) is 0.916. The van der Waals surface area contributed by atoms with E-state index < -0.39 is 0 Å². The zero-order valence-electron chi connectivity index (χ0n) is 11.0. The minimum Gasteiger partial charge on any atom is -0.490 e. The van der Waals surface area contributed by atoms with Gasteiger partial charge in [0.1, 0.15) is 12.4 Å². The van der Waals surface area contributed by atoms with Crippen LogP contribution in [-0.2, 0) is 13.0 Å². The van der Waals surface area contributed by atoms with E-state index in [-0.39, 0.29) is 12.4 Å². The lowest BCUT2D eigenvalue weighted by atomic mass is 10.2.